The molecule has 112 valence electrons. The number of anilines is 2. The fourth-order valence-corrected chi connectivity index (χ4v) is 5.43. The number of nitrogens with two attached hydrogens (primary N) is 1. The zero-order chi connectivity index (χ0) is 15.8. The minimum atomic E-state index is -3.86. The quantitative estimate of drug-likeness (QED) is 0.561. The highest BCUT2D eigenvalue weighted by molar-refractivity contribution is 9.11. The van der Waals surface area contributed by atoms with Crippen LogP contribution in [0.2, 0.25) is 5.02 Å². The van der Waals surface area contributed by atoms with Crippen LogP contribution in [0.3, 0.4) is 0 Å². The first-order valence-electron chi connectivity index (χ1n) is 5.43. The first-order chi connectivity index (χ1) is 9.70. The smallest absolute Gasteiger partial charge is 0.265 e. The number of benzene rings is 2. The van der Waals surface area contributed by atoms with E-state index in [4.69, 9.17) is 17.3 Å². The Balaban J connectivity index is 2.51. The molecule has 0 atom stereocenters. The second kappa shape index (κ2) is 6.45. The molecule has 0 unspecified atom stereocenters. The van der Waals surface area contributed by atoms with Crippen molar-refractivity contribution in [1.82, 2.24) is 0 Å². The van der Waals surface area contributed by atoms with Crippen LogP contribution in [-0.4, -0.2) is 8.42 Å². The molecular formula is C12H8Br3ClN2O2S. The molecule has 21 heavy (non-hydrogen) atoms. The van der Waals surface area contributed by atoms with Gasteiger partial charge in [0.25, 0.3) is 10.0 Å². The summed E-state index contributed by atoms with van der Waals surface area (Å²) < 4.78 is 29.1. The summed E-state index contributed by atoms with van der Waals surface area (Å²) in [6.45, 7) is 0. The summed E-state index contributed by atoms with van der Waals surface area (Å²) in [6.07, 6.45) is 0. The number of halogens is 4. The zero-order valence-corrected chi connectivity index (χ0v) is 16.5. The van der Waals surface area contributed by atoms with Gasteiger partial charge in [-0.1, -0.05) is 27.5 Å². The Morgan fingerprint density at radius 3 is 2.33 bits per heavy atom. The van der Waals surface area contributed by atoms with E-state index in [0.717, 1.165) is 0 Å². The number of hydrogen-bond acceptors (Lipinski definition) is 3. The van der Waals surface area contributed by atoms with Crippen molar-refractivity contribution >= 4 is 80.8 Å². The molecule has 0 heterocycles. The Morgan fingerprint density at radius 2 is 1.71 bits per heavy atom. The predicted octanol–water partition coefficient (Wildman–Crippen LogP) is 5.01. The molecule has 0 fully saturated rings. The SMILES string of the molecule is Nc1cc(Br)cc(Br)c1S(=O)(=O)Nc1cc(Cl)ccc1Br. The standard InChI is InChI=1S/C12H8Br3ClN2O2S/c13-6-3-9(15)12(10(17)4-6)21(19,20)18-11-5-7(16)1-2-8(11)14/h1-5,18H,17H2. The summed E-state index contributed by atoms with van der Waals surface area (Å²) in [5.41, 5.74) is 6.27. The molecule has 2 aromatic rings. The molecule has 4 nitrogen and oxygen atoms in total. The van der Waals surface area contributed by atoms with E-state index in [0.29, 0.717) is 24.1 Å². The van der Waals surface area contributed by atoms with Crippen LogP contribution < -0.4 is 10.5 Å². The molecule has 9 heteroatoms. The largest absolute Gasteiger partial charge is 0.398 e. The lowest BCUT2D eigenvalue weighted by Gasteiger charge is -2.13. The van der Waals surface area contributed by atoms with E-state index < -0.39 is 10.0 Å². The lowest BCUT2D eigenvalue weighted by atomic mass is 10.3. The molecule has 0 saturated heterocycles. The normalized spacial score (nSPS) is 11.4. The van der Waals surface area contributed by atoms with Gasteiger partial charge in [-0.05, 0) is 62.2 Å². The van der Waals surface area contributed by atoms with Crippen molar-refractivity contribution < 1.29 is 8.42 Å². The van der Waals surface area contributed by atoms with Gasteiger partial charge in [-0.3, -0.25) is 4.72 Å². The minimum absolute atomic E-state index is 0.0300. The molecule has 0 aliphatic carbocycles. The monoisotopic (exact) mass is 516 g/mol. The Labute approximate surface area is 152 Å². The second-order valence-corrected chi connectivity index (χ2v) is 8.72. The molecular weight excluding hydrogens is 511 g/mol. The maximum atomic E-state index is 12.5. The van der Waals surface area contributed by atoms with Crippen LogP contribution in [0.5, 0.6) is 0 Å². The first kappa shape index (κ1) is 17.1. The van der Waals surface area contributed by atoms with Gasteiger partial charge in [-0.2, -0.15) is 0 Å². The van der Waals surface area contributed by atoms with Gasteiger partial charge in [0, 0.05) is 18.4 Å². The third-order valence-electron chi connectivity index (χ3n) is 2.48. The Hall–Kier alpha value is -0.280. The summed E-state index contributed by atoms with van der Waals surface area (Å²) in [6, 6.07) is 7.93. The Morgan fingerprint density at radius 1 is 1.05 bits per heavy atom. The Bertz CT molecular complexity index is 789. The summed E-state index contributed by atoms with van der Waals surface area (Å²) in [7, 11) is -3.86. The van der Waals surface area contributed by atoms with Crippen molar-refractivity contribution in [2.75, 3.05) is 10.5 Å². The van der Waals surface area contributed by atoms with Crippen LogP contribution in [-0.2, 0) is 10.0 Å². The van der Waals surface area contributed by atoms with Gasteiger partial charge in [0.1, 0.15) is 4.90 Å². The van der Waals surface area contributed by atoms with Crippen molar-refractivity contribution in [2.24, 2.45) is 0 Å². The Kier molecular flexibility index (Phi) is 5.25. The molecule has 0 aliphatic heterocycles. The predicted molar refractivity (Wildman–Crippen MR) is 96.2 cm³/mol. The van der Waals surface area contributed by atoms with Gasteiger partial charge >= 0.3 is 0 Å². The van der Waals surface area contributed by atoms with E-state index in [1.807, 2.05) is 0 Å². The van der Waals surface area contributed by atoms with Crippen LogP contribution in [0.25, 0.3) is 0 Å². The van der Waals surface area contributed by atoms with Crippen LogP contribution in [0, 0.1) is 0 Å². The highest BCUT2D eigenvalue weighted by Crippen LogP contribution is 2.34. The summed E-state index contributed by atoms with van der Waals surface area (Å²) in [5.74, 6) is 0. The number of rotatable bonds is 3. The van der Waals surface area contributed by atoms with Gasteiger partial charge in [0.05, 0.1) is 11.4 Å². The summed E-state index contributed by atoms with van der Waals surface area (Å²) in [5, 5.41) is 0.416. The van der Waals surface area contributed by atoms with Crippen LogP contribution >= 0.6 is 59.4 Å². The molecule has 0 bridgehead atoms. The van der Waals surface area contributed by atoms with Crippen molar-refractivity contribution in [2.45, 2.75) is 4.90 Å². The van der Waals surface area contributed by atoms with E-state index in [1.165, 1.54) is 12.1 Å². The second-order valence-electron chi connectivity index (χ2n) is 4.04. The lowest BCUT2D eigenvalue weighted by molar-refractivity contribution is 0.601. The molecule has 0 saturated carbocycles. The third-order valence-corrected chi connectivity index (χ3v) is 6.23. The van der Waals surface area contributed by atoms with Crippen molar-refractivity contribution in [3.05, 3.63) is 48.8 Å². The maximum absolute atomic E-state index is 12.5. The van der Waals surface area contributed by atoms with Gasteiger partial charge in [0.15, 0.2) is 0 Å². The van der Waals surface area contributed by atoms with Gasteiger partial charge in [-0.25, -0.2) is 8.42 Å². The first-order valence-corrected chi connectivity index (χ1v) is 9.67. The van der Waals surface area contributed by atoms with Gasteiger partial charge in [-0.15, -0.1) is 0 Å². The number of hydrogen-bond donors (Lipinski definition) is 2. The molecule has 0 amide bonds. The minimum Gasteiger partial charge on any atom is -0.398 e. The summed E-state index contributed by atoms with van der Waals surface area (Å²) in [4.78, 5) is -0.0300. The van der Waals surface area contributed by atoms with E-state index in [-0.39, 0.29) is 10.6 Å². The molecule has 0 aromatic heterocycles. The average Bonchev–Trinajstić information content (AvgIpc) is 2.31. The van der Waals surface area contributed by atoms with Crippen molar-refractivity contribution in [3.8, 4) is 0 Å². The van der Waals surface area contributed by atoms with E-state index in [9.17, 15) is 8.42 Å². The molecule has 2 rings (SSSR count). The van der Waals surface area contributed by atoms with Crippen LogP contribution in [0.4, 0.5) is 11.4 Å². The molecule has 2 aromatic carbocycles. The third kappa shape index (κ3) is 3.92. The van der Waals surface area contributed by atoms with Crippen LogP contribution in [0.1, 0.15) is 0 Å². The highest BCUT2D eigenvalue weighted by atomic mass is 79.9. The maximum Gasteiger partial charge on any atom is 0.265 e. The van der Waals surface area contributed by atoms with E-state index in [2.05, 4.69) is 52.5 Å². The average molecular weight is 519 g/mol. The number of nitrogen functional groups attached to an aromatic ring is 1. The lowest BCUT2D eigenvalue weighted by Crippen LogP contribution is -2.16. The number of nitrogens with one attached hydrogen (secondary N) is 1. The fourth-order valence-electron chi connectivity index (χ4n) is 1.64. The van der Waals surface area contributed by atoms with E-state index in [1.54, 1.807) is 18.2 Å². The topological polar surface area (TPSA) is 72.2 Å². The van der Waals surface area contributed by atoms with Crippen LogP contribution in [0.15, 0.2) is 48.6 Å². The molecule has 0 spiro atoms. The molecule has 3 N–H and O–H groups in total. The highest BCUT2D eigenvalue weighted by Gasteiger charge is 2.22. The van der Waals surface area contributed by atoms with Gasteiger partial charge in [0.2, 0.25) is 0 Å². The van der Waals surface area contributed by atoms with Crippen molar-refractivity contribution in [1.29, 1.82) is 0 Å². The molecule has 0 aliphatic rings. The zero-order valence-electron chi connectivity index (χ0n) is 10.2. The van der Waals surface area contributed by atoms with Gasteiger partial charge < -0.3 is 5.73 Å². The van der Waals surface area contributed by atoms with E-state index >= 15 is 0 Å². The fraction of sp³-hybridized carbons (Fsp3) is 0. The van der Waals surface area contributed by atoms with Crippen molar-refractivity contribution in [3.63, 3.8) is 0 Å². The number of sulfonamides is 1. The summed E-state index contributed by atoms with van der Waals surface area (Å²) >= 11 is 15.6. The molecule has 0 radical (unpaired) electrons.